The highest BCUT2D eigenvalue weighted by molar-refractivity contribution is 6.30. The molecule has 26 heavy (non-hydrogen) atoms. The molecule has 0 aliphatic heterocycles. The van der Waals surface area contributed by atoms with E-state index in [0.29, 0.717) is 22.0 Å². The predicted molar refractivity (Wildman–Crippen MR) is 88.3 cm³/mol. The van der Waals surface area contributed by atoms with Gasteiger partial charge in [0.1, 0.15) is 11.4 Å². The van der Waals surface area contributed by atoms with Crippen molar-refractivity contribution in [1.29, 1.82) is 0 Å². The van der Waals surface area contributed by atoms with Crippen molar-refractivity contribution in [3.8, 4) is 28.6 Å². The van der Waals surface area contributed by atoms with Gasteiger partial charge in [-0.2, -0.15) is 13.2 Å². The van der Waals surface area contributed by atoms with Gasteiger partial charge in [-0.25, -0.2) is 15.0 Å². The SMILES string of the molecule is COc1ncc(Cl)cc1-c1cccnc1Oc1ccc(C(F)(F)F)nc1. The van der Waals surface area contributed by atoms with Gasteiger partial charge in [0.25, 0.3) is 0 Å². The maximum absolute atomic E-state index is 12.6. The van der Waals surface area contributed by atoms with Gasteiger partial charge in [0.15, 0.2) is 0 Å². The van der Waals surface area contributed by atoms with Crippen molar-refractivity contribution in [3.05, 3.63) is 59.6 Å². The fourth-order valence-electron chi connectivity index (χ4n) is 2.18. The Bertz CT molecular complexity index is 918. The molecule has 0 aromatic carbocycles. The molecule has 0 aliphatic carbocycles. The lowest BCUT2D eigenvalue weighted by molar-refractivity contribution is -0.141. The summed E-state index contributed by atoms with van der Waals surface area (Å²) in [6.07, 6.45) is -0.620. The summed E-state index contributed by atoms with van der Waals surface area (Å²) in [5.41, 5.74) is 0.0361. The lowest BCUT2D eigenvalue weighted by Gasteiger charge is -2.12. The fraction of sp³-hybridized carbons (Fsp3) is 0.118. The molecule has 134 valence electrons. The minimum atomic E-state index is -4.52. The standard InChI is InChI=1S/C17H11ClF3N3O2/c1-25-15-13(7-10(18)8-24-15)12-3-2-6-22-16(12)26-11-4-5-14(23-9-11)17(19,20)21/h2-9H,1H3. The van der Waals surface area contributed by atoms with E-state index in [1.54, 1.807) is 18.2 Å². The number of aromatic nitrogens is 3. The highest BCUT2D eigenvalue weighted by Gasteiger charge is 2.32. The first kappa shape index (κ1) is 17.9. The molecule has 0 spiro atoms. The molecule has 0 N–H and O–H groups in total. The van der Waals surface area contributed by atoms with Gasteiger partial charge in [-0.1, -0.05) is 11.6 Å². The normalized spacial score (nSPS) is 11.3. The van der Waals surface area contributed by atoms with Crippen LogP contribution in [-0.4, -0.2) is 22.1 Å². The molecule has 0 atom stereocenters. The number of hydrogen-bond donors (Lipinski definition) is 0. The third-order valence-corrected chi connectivity index (χ3v) is 3.52. The van der Waals surface area contributed by atoms with Gasteiger partial charge in [-0.3, -0.25) is 0 Å². The van der Waals surface area contributed by atoms with Crippen LogP contribution in [0, 0.1) is 0 Å². The summed E-state index contributed by atoms with van der Waals surface area (Å²) < 4.78 is 48.6. The van der Waals surface area contributed by atoms with Gasteiger partial charge in [0.05, 0.1) is 23.9 Å². The molecular formula is C17H11ClF3N3O2. The zero-order valence-electron chi connectivity index (χ0n) is 13.3. The van der Waals surface area contributed by atoms with Crippen molar-refractivity contribution in [2.24, 2.45) is 0 Å². The van der Waals surface area contributed by atoms with E-state index in [0.717, 1.165) is 12.3 Å². The molecule has 0 saturated heterocycles. The van der Waals surface area contributed by atoms with Gasteiger partial charge < -0.3 is 9.47 Å². The van der Waals surface area contributed by atoms with E-state index in [1.807, 2.05) is 0 Å². The van der Waals surface area contributed by atoms with Gasteiger partial charge in [0.2, 0.25) is 11.8 Å². The van der Waals surface area contributed by atoms with Crippen LogP contribution >= 0.6 is 11.6 Å². The Hall–Kier alpha value is -2.87. The average Bonchev–Trinajstić information content (AvgIpc) is 2.62. The first-order chi connectivity index (χ1) is 12.4. The molecule has 0 unspecified atom stereocenters. The van der Waals surface area contributed by atoms with Gasteiger partial charge in [0, 0.05) is 18.0 Å². The Kier molecular flexibility index (Phi) is 4.94. The van der Waals surface area contributed by atoms with Crippen molar-refractivity contribution in [2.75, 3.05) is 7.11 Å². The Balaban J connectivity index is 1.97. The summed E-state index contributed by atoms with van der Waals surface area (Å²) in [4.78, 5) is 11.6. The summed E-state index contributed by atoms with van der Waals surface area (Å²) in [6, 6.07) is 7.01. The summed E-state index contributed by atoms with van der Waals surface area (Å²) in [5.74, 6) is 0.557. The maximum Gasteiger partial charge on any atom is 0.433 e. The van der Waals surface area contributed by atoms with E-state index in [2.05, 4.69) is 15.0 Å². The topological polar surface area (TPSA) is 57.1 Å². The molecule has 3 heterocycles. The number of rotatable bonds is 4. The largest absolute Gasteiger partial charge is 0.481 e. The third kappa shape index (κ3) is 3.85. The molecule has 3 aromatic rings. The van der Waals surface area contributed by atoms with Gasteiger partial charge >= 0.3 is 6.18 Å². The van der Waals surface area contributed by atoms with Crippen LogP contribution in [0.2, 0.25) is 5.02 Å². The molecule has 0 radical (unpaired) electrons. The highest BCUT2D eigenvalue weighted by Crippen LogP contribution is 2.37. The molecule has 0 saturated carbocycles. The summed E-state index contributed by atoms with van der Waals surface area (Å²) in [5, 5.41) is 0.381. The summed E-state index contributed by atoms with van der Waals surface area (Å²) >= 11 is 6.00. The van der Waals surface area contributed by atoms with Crippen LogP contribution in [-0.2, 0) is 6.18 Å². The third-order valence-electron chi connectivity index (χ3n) is 3.31. The Morgan fingerprint density at radius 2 is 1.77 bits per heavy atom. The van der Waals surface area contributed by atoms with Crippen LogP contribution in [0.15, 0.2) is 48.9 Å². The Morgan fingerprint density at radius 3 is 2.42 bits per heavy atom. The minimum absolute atomic E-state index is 0.104. The number of ether oxygens (including phenoxy) is 2. The summed E-state index contributed by atoms with van der Waals surface area (Å²) in [7, 11) is 1.45. The molecule has 3 rings (SSSR count). The second-order valence-corrected chi connectivity index (χ2v) is 5.48. The van der Waals surface area contributed by atoms with Crippen molar-refractivity contribution in [3.63, 3.8) is 0 Å². The second kappa shape index (κ2) is 7.17. The second-order valence-electron chi connectivity index (χ2n) is 5.05. The van der Waals surface area contributed by atoms with E-state index in [4.69, 9.17) is 21.1 Å². The van der Waals surface area contributed by atoms with E-state index >= 15 is 0 Å². The number of pyridine rings is 3. The molecule has 3 aromatic heterocycles. The lowest BCUT2D eigenvalue weighted by atomic mass is 10.1. The lowest BCUT2D eigenvalue weighted by Crippen LogP contribution is -2.07. The van der Waals surface area contributed by atoms with Crippen LogP contribution in [0.5, 0.6) is 17.5 Å². The quantitative estimate of drug-likeness (QED) is 0.635. The maximum atomic E-state index is 12.6. The van der Waals surface area contributed by atoms with Crippen LogP contribution in [0.3, 0.4) is 0 Å². The van der Waals surface area contributed by atoms with Crippen LogP contribution in [0.1, 0.15) is 5.69 Å². The van der Waals surface area contributed by atoms with E-state index < -0.39 is 11.9 Å². The number of hydrogen-bond acceptors (Lipinski definition) is 5. The number of nitrogens with zero attached hydrogens (tertiary/aromatic N) is 3. The zero-order valence-corrected chi connectivity index (χ0v) is 14.0. The number of methoxy groups -OCH3 is 1. The Morgan fingerprint density at radius 1 is 0.962 bits per heavy atom. The van der Waals surface area contributed by atoms with Crippen molar-refractivity contribution in [1.82, 2.24) is 15.0 Å². The summed E-state index contributed by atoms with van der Waals surface area (Å²) in [6.45, 7) is 0. The van der Waals surface area contributed by atoms with Crippen LogP contribution < -0.4 is 9.47 Å². The number of alkyl halides is 3. The van der Waals surface area contributed by atoms with Crippen LogP contribution in [0.25, 0.3) is 11.1 Å². The molecule has 0 amide bonds. The first-order valence-electron chi connectivity index (χ1n) is 7.24. The predicted octanol–water partition coefficient (Wildman–Crippen LogP) is 5.01. The number of halogens is 4. The smallest absolute Gasteiger partial charge is 0.433 e. The van der Waals surface area contributed by atoms with E-state index in [1.165, 1.54) is 25.6 Å². The fourth-order valence-corrected chi connectivity index (χ4v) is 2.34. The monoisotopic (exact) mass is 381 g/mol. The minimum Gasteiger partial charge on any atom is -0.481 e. The van der Waals surface area contributed by atoms with Crippen molar-refractivity contribution in [2.45, 2.75) is 6.18 Å². The van der Waals surface area contributed by atoms with E-state index in [-0.39, 0.29) is 11.6 Å². The van der Waals surface area contributed by atoms with Gasteiger partial charge in [-0.15, -0.1) is 0 Å². The van der Waals surface area contributed by atoms with Crippen molar-refractivity contribution < 1.29 is 22.6 Å². The van der Waals surface area contributed by atoms with Crippen molar-refractivity contribution >= 4 is 11.6 Å². The average molecular weight is 382 g/mol. The molecule has 9 heteroatoms. The van der Waals surface area contributed by atoms with Crippen LogP contribution in [0.4, 0.5) is 13.2 Å². The molecule has 0 aliphatic rings. The van der Waals surface area contributed by atoms with Gasteiger partial charge in [-0.05, 0) is 30.3 Å². The zero-order chi connectivity index (χ0) is 18.7. The Labute approximate surface area is 151 Å². The first-order valence-corrected chi connectivity index (χ1v) is 7.62. The molecule has 0 fully saturated rings. The highest BCUT2D eigenvalue weighted by atomic mass is 35.5. The molecular weight excluding hydrogens is 371 g/mol. The molecule has 5 nitrogen and oxygen atoms in total. The van der Waals surface area contributed by atoms with E-state index in [9.17, 15) is 13.2 Å². The molecule has 0 bridgehead atoms.